The number of hydrogen-bond donors (Lipinski definition) is 1. The van der Waals surface area contributed by atoms with Crippen molar-refractivity contribution in [3.63, 3.8) is 0 Å². The van der Waals surface area contributed by atoms with Gasteiger partial charge in [0, 0.05) is 25.6 Å². The van der Waals surface area contributed by atoms with Gasteiger partial charge in [0.25, 0.3) is 0 Å². The van der Waals surface area contributed by atoms with E-state index in [1.807, 2.05) is 51.9 Å². The summed E-state index contributed by atoms with van der Waals surface area (Å²) in [5.74, 6) is 1.65. The van der Waals surface area contributed by atoms with Crippen LogP contribution < -0.4 is 15.2 Å². The van der Waals surface area contributed by atoms with Gasteiger partial charge in [0.2, 0.25) is 5.91 Å². The van der Waals surface area contributed by atoms with E-state index in [4.69, 9.17) is 9.47 Å². The molecule has 1 fully saturated rings. The zero-order valence-corrected chi connectivity index (χ0v) is 17.4. The number of hydrogen-bond acceptors (Lipinski definition) is 4. The van der Waals surface area contributed by atoms with Gasteiger partial charge in [0.05, 0.1) is 25.3 Å². The van der Waals surface area contributed by atoms with Gasteiger partial charge in [0.1, 0.15) is 11.5 Å². The molecule has 1 N–H and O–H groups in total. The molecule has 30 heavy (non-hydrogen) atoms. The number of piperidine rings is 1. The predicted molar refractivity (Wildman–Crippen MR) is 115 cm³/mol. The number of rotatable bonds is 6. The van der Waals surface area contributed by atoms with E-state index in [1.54, 1.807) is 14.2 Å². The molecule has 1 amide bonds. The van der Waals surface area contributed by atoms with Crippen molar-refractivity contribution in [2.24, 2.45) is 0 Å². The highest BCUT2D eigenvalue weighted by molar-refractivity contribution is 5.77. The second-order valence-electron chi connectivity index (χ2n) is 7.61. The van der Waals surface area contributed by atoms with Crippen LogP contribution in [-0.2, 0) is 11.2 Å². The SMILES string of the molecule is COc1ccc(OC)c(CCC(=O)N2CCC(n3c(=O)[nH]c4ccccc43)CC2)c1. The number of likely N-dealkylation sites (tertiary alicyclic amines) is 1. The zero-order chi connectivity index (χ0) is 21.1. The first-order valence-electron chi connectivity index (χ1n) is 10.3. The molecule has 4 rings (SSSR count). The number of H-pyrrole nitrogens is 1. The van der Waals surface area contributed by atoms with Crippen LogP contribution in [0.4, 0.5) is 0 Å². The van der Waals surface area contributed by atoms with Gasteiger partial charge in [-0.15, -0.1) is 0 Å². The third-order valence-electron chi connectivity index (χ3n) is 5.90. The Bertz CT molecular complexity index is 1090. The van der Waals surface area contributed by atoms with E-state index in [1.165, 1.54) is 0 Å². The average Bonchev–Trinajstić information content (AvgIpc) is 3.13. The first kappa shape index (κ1) is 20.1. The number of ether oxygens (including phenoxy) is 2. The second kappa shape index (κ2) is 8.65. The van der Waals surface area contributed by atoms with Crippen molar-refractivity contribution in [1.29, 1.82) is 0 Å². The van der Waals surface area contributed by atoms with Crippen LogP contribution in [0.3, 0.4) is 0 Å². The maximum atomic E-state index is 12.8. The standard InChI is InChI=1S/C23H27N3O4/c1-29-18-8-9-21(30-2)16(15-18)7-10-22(27)25-13-11-17(12-14-25)26-20-6-4-3-5-19(20)24-23(26)28/h3-6,8-9,15,17H,7,10-14H2,1-2H3,(H,24,28). The van der Waals surface area contributed by atoms with Crippen molar-refractivity contribution < 1.29 is 14.3 Å². The van der Waals surface area contributed by atoms with Crippen LogP contribution in [0.2, 0.25) is 0 Å². The summed E-state index contributed by atoms with van der Waals surface area (Å²) in [6.07, 6.45) is 2.56. The molecule has 158 valence electrons. The Morgan fingerprint density at radius 1 is 1.10 bits per heavy atom. The molecule has 0 bridgehead atoms. The molecule has 1 aromatic heterocycles. The van der Waals surface area contributed by atoms with Gasteiger partial charge in [-0.1, -0.05) is 12.1 Å². The summed E-state index contributed by atoms with van der Waals surface area (Å²) in [5, 5.41) is 0. The van der Waals surface area contributed by atoms with Crippen molar-refractivity contribution in [1.82, 2.24) is 14.5 Å². The number of aryl methyl sites for hydroxylation is 1. The second-order valence-corrected chi connectivity index (χ2v) is 7.61. The molecule has 0 aliphatic carbocycles. The van der Waals surface area contributed by atoms with Gasteiger partial charge in [-0.2, -0.15) is 0 Å². The molecular weight excluding hydrogens is 382 g/mol. The Kier molecular flexibility index (Phi) is 5.79. The van der Waals surface area contributed by atoms with Crippen molar-refractivity contribution >= 4 is 16.9 Å². The Morgan fingerprint density at radius 2 is 1.87 bits per heavy atom. The number of nitrogens with one attached hydrogen (secondary N) is 1. The number of aromatic nitrogens is 2. The van der Waals surface area contributed by atoms with Crippen LogP contribution in [0, 0.1) is 0 Å². The molecule has 0 radical (unpaired) electrons. The number of amides is 1. The molecule has 2 aromatic carbocycles. The monoisotopic (exact) mass is 409 g/mol. The normalized spacial score (nSPS) is 14.8. The molecule has 1 aliphatic rings. The highest BCUT2D eigenvalue weighted by Crippen LogP contribution is 2.27. The molecule has 1 aliphatic heterocycles. The van der Waals surface area contributed by atoms with Crippen molar-refractivity contribution in [2.75, 3.05) is 27.3 Å². The minimum atomic E-state index is -0.0777. The highest BCUT2D eigenvalue weighted by atomic mass is 16.5. The topological polar surface area (TPSA) is 76.6 Å². The molecule has 0 spiro atoms. The smallest absolute Gasteiger partial charge is 0.326 e. The maximum absolute atomic E-state index is 12.8. The van der Waals surface area contributed by atoms with Crippen molar-refractivity contribution in [3.05, 3.63) is 58.5 Å². The third-order valence-corrected chi connectivity index (χ3v) is 5.90. The summed E-state index contributed by atoms with van der Waals surface area (Å²) in [7, 11) is 3.25. The summed E-state index contributed by atoms with van der Waals surface area (Å²) < 4.78 is 12.5. The number of nitrogens with zero attached hydrogens (tertiary/aromatic N) is 2. The molecule has 3 aromatic rings. The molecule has 0 saturated carbocycles. The Morgan fingerprint density at radius 3 is 2.60 bits per heavy atom. The summed E-state index contributed by atoms with van der Waals surface area (Å²) in [4.78, 5) is 30.0. The van der Waals surface area contributed by atoms with Crippen molar-refractivity contribution in [3.8, 4) is 11.5 Å². The lowest BCUT2D eigenvalue weighted by atomic mass is 10.0. The van der Waals surface area contributed by atoms with Crippen LogP contribution in [0.25, 0.3) is 11.0 Å². The van der Waals surface area contributed by atoms with E-state index < -0.39 is 0 Å². The largest absolute Gasteiger partial charge is 0.497 e. The van der Waals surface area contributed by atoms with E-state index in [0.717, 1.165) is 40.9 Å². The van der Waals surface area contributed by atoms with Crippen LogP contribution in [-0.4, -0.2) is 47.7 Å². The third kappa shape index (κ3) is 3.92. The number of imidazole rings is 1. The molecule has 7 heteroatoms. The fraction of sp³-hybridized carbons (Fsp3) is 0.391. The fourth-order valence-corrected chi connectivity index (χ4v) is 4.29. The first-order valence-corrected chi connectivity index (χ1v) is 10.3. The minimum absolute atomic E-state index is 0.0777. The number of fused-ring (bicyclic) bond motifs is 1. The fourth-order valence-electron chi connectivity index (χ4n) is 4.29. The molecule has 1 saturated heterocycles. The van der Waals surface area contributed by atoms with Gasteiger partial charge in [0.15, 0.2) is 0 Å². The van der Waals surface area contributed by atoms with Gasteiger partial charge in [-0.05, 0) is 55.2 Å². The lowest BCUT2D eigenvalue weighted by molar-refractivity contribution is -0.132. The predicted octanol–water partition coefficient (Wildman–Crippen LogP) is 3.14. The zero-order valence-electron chi connectivity index (χ0n) is 17.4. The molecule has 0 unspecified atom stereocenters. The number of methoxy groups -OCH3 is 2. The van der Waals surface area contributed by atoms with E-state index in [-0.39, 0.29) is 17.6 Å². The summed E-state index contributed by atoms with van der Waals surface area (Å²) >= 11 is 0. The van der Waals surface area contributed by atoms with Crippen LogP contribution in [0.15, 0.2) is 47.3 Å². The van der Waals surface area contributed by atoms with Gasteiger partial charge in [-0.25, -0.2) is 4.79 Å². The number of para-hydroxylation sites is 2. The molecule has 7 nitrogen and oxygen atoms in total. The molecular formula is C23H27N3O4. The van der Waals surface area contributed by atoms with E-state index >= 15 is 0 Å². The van der Waals surface area contributed by atoms with Crippen molar-refractivity contribution in [2.45, 2.75) is 31.7 Å². The first-order chi connectivity index (χ1) is 14.6. The number of benzene rings is 2. The summed E-state index contributed by atoms with van der Waals surface area (Å²) in [6, 6.07) is 13.5. The summed E-state index contributed by atoms with van der Waals surface area (Å²) in [5.41, 5.74) is 2.67. The van der Waals surface area contributed by atoms with Gasteiger partial charge < -0.3 is 19.4 Å². The molecule has 2 heterocycles. The van der Waals surface area contributed by atoms with Gasteiger partial charge in [-0.3, -0.25) is 9.36 Å². The Hall–Kier alpha value is -3.22. The van der Waals surface area contributed by atoms with E-state index in [9.17, 15) is 9.59 Å². The molecule has 0 atom stereocenters. The minimum Gasteiger partial charge on any atom is -0.497 e. The Labute approximate surface area is 175 Å². The lowest BCUT2D eigenvalue weighted by Crippen LogP contribution is -2.40. The Balaban J connectivity index is 1.38. The highest BCUT2D eigenvalue weighted by Gasteiger charge is 2.26. The van der Waals surface area contributed by atoms with Crippen LogP contribution >= 0.6 is 0 Å². The summed E-state index contributed by atoms with van der Waals surface area (Å²) in [6.45, 7) is 1.31. The van der Waals surface area contributed by atoms with Crippen LogP contribution in [0.5, 0.6) is 11.5 Å². The average molecular weight is 409 g/mol. The van der Waals surface area contributed by atoms with Crippen LogP contribution in [0.1, 0.15) is 30.9 Å². The van der Waals surface area contributed by atoms with E-state index in [0.29, 0.717) is 25.9 Å². The van der Waals surface area contributed by atoms with Gasteiger partial charge >= 0.3 is 5.69 Å². The number of carbonyl (C=O) groups is 1. The maximum Gasteiger partial charge on any atom is 0.326 e. The lowest BCUT2D eigenvalue weighted by Gasteiger charge is -2.32. The number of carbonyl (C=O) groups excluding carboxylic acids is 1. The van der Waals surface area contributed by atoms with E-state index in [2.05, 4.69) is 4.98 Å². The number of aromatic amines is 1. The quantitative estimate of drug-likeness (QED) is 0.679.